The Kier molecular flexibility index (Phi) is 30.1. The van der Waals surface area contributed by atoms with Crippen LogP contribution in [0.5, 0.6) is 0 Å². The maximum Gasteiger partial charge on any atom is 0.223 e. The highest BCUT2D eigenvalue weighted by Gasteiger charge is 2.40. The lowest BCUT2D eigenvalue weighted by Gasteiger charge is -2.23. The predicted molar refractivity (Wildman–Crippen MR) is 214 cm³/mol. The number of hydrogen-bond donors (Lipinski definition) is 1. The Hall–Kier alpha value is -2.47. The summed E-state index contributed by atoms with van der Waals surface area (Å²) in [4.78, 5) is 39.1. The van der Waals surface area contributed by atoms with Crippen LogP contribution in [0.15, 0.2) is 50.6 Å². The summed E-state index contributed by atoms with van der Waals surface area (Å²) in [6, 6.07) is 0.252. The van der Waals surface area contributed by atoms with Crippen LogP contribution in [0, 0.1) is 35.5 Å². The zero-order valence-electron chi connectivity index (χ0n) is 33.6. The quantitative estimate of drug-likeness (QED) is 0.233. The highest BCUT2D eigenvalue weighted by Crippen LogP contribution is 2.32. The number of nitrogens with zero attached hydrogens (tertiary/aromatic N) is 2. The van der Waals surface area contributed by atoms with E-state index in [0.717, 1.165) is 96.4 Å². The molecule has 284 valence electrons. The van der Waals surface area contributed by atoms with Crippen molar-refractivity contribution in [2.24, 2.45) is 35.5 Å². The molecule has 0 radical (unpaired) electrons. The van der Waals surface area contributed by atoms with Gasteiger partial charge >= 0.3 is 0 Å². The zero-order valence-corrected chi connectivity index (χ0v) is 33.6. The van der Waals surface area contributed by atoms with Crippen molar-refractivity contribution in [3.63, 3.8) is 0 Å². The van der Waals surface area contributed by atoms with Crippen LogP contribution in [0.1, 0.15) is 133 Å². The molecule has 4 aliphatic rings. The maximum atomic E-state index is 12.3. The number of ketones is 1. The van der Waals surface area contributed by atoms with E-state index in [2.05, 4.69) is 85.0 Å². The van der Waals surface area contributed by atoms with Gasteiger partial charge in [0, 0.05) is 57.5 Å². The van der Waals surface area contributed by atoms with Crippen LogP contribution in [0.2, 0.25) is 0 Å². The number of Topliss-reactive ketones (excluding diaryl/α,β-unsaturated/α-hetero) is 1. The monoisotopic (exact) mass is 686 g/mol. The average Bonchev–Trinajstić information content (AvgIpc) is 3.89. The lowest BCUT2D eigenvalue weighted by Crippen LogP contribution is -2.39. The Morgan fingerprint density at radius 3 is 1.37 bits per heavy atom. The summed E-state index contributed by atoms with van der Waals surface area (Å²) >= 11 is 0. The number of likely N-dealkylation sites (tertiary alicyclic amines) is 2. The van der Waals surface area contributed by atoms with E-state index in [1.54, 1.807) is 13.8 Å². The van der Waals surface area contributed by atoms with Gasteiger partial charge in [-0.1, -0.05) is 65.8 Å². The molecule has 7 atom stereocenters. The molecule has 2 saturated carbocycles. The molecular formula is C43H79N3O3. The van der Waals surface area contributed by atoms with Crippen molar-refractivity contribution >= 4 is 17.6 Å². The Morgan fingerprint density at radius 2 is 1.08 bits per heavy atom. The van der Waals surface area contributed by atoms with Gasteiger partial charge in [0.25, 0.3) is 0 Å². The third-order valence-electron chi connectivity index (χ3n) is 9.76. The number of hydrogen-bond acceptors (Lipinski definition) is 4. The van der Waals surface area contributed by atoms with Crippen molar-refractivity contribution in [3.05, 3.63) is 50.6 Å². The highest BCUT2D eigenvalue weighted by molar-refractivity contribution is 5.79. The number of carbonyl (C=O) groups excluding carboxylic acids is 3. The number of allylic oxidation sites excluding steroid dienone is 4. The smallest absolute Gasteiger partial charge is 0.223 e. The lowest BCUT2D eigenvalue weighted by molar-refractivity contribution is -0.128. The third kappa shape index (κ3) is 23.5. The second kappa shape index (κ2) is 30.4. The molecule has 2 amide bonds. The first kappa shape index (κ1) is 48.6. The van der Waals surface area contributed by atoms with Crippen LogP contribution in [0.3, 0.4) is 0 Å². The van der Waals surface area contributed by atoms with Gasteiger partial charge in [-0.25, -0.2) is 0 Å². The van der Waals surface area contributed by atoms with Gasteiger partial charge in [-0.05, 0) is 108 Å². The van der Waals surface area contributed by atoms with Gasteiger partial charge in [-0.15, -0.1) is 26.3 Å². The average molecular weight is 686 g/mol. The van der Waals surface area contributed by atoms with Crippen molar-refractivity contribution in [1.82, 2.24) is 15.1 Å². The van der Waals surface area contributed by atoms with Crippen LogP contribution >= 0.6 is 0 Å². The molecule has 0 bridgehead atoms. The van der Waals surface area contributed by atoms with Crippen LogP contribution in [-0.2, 0) is 14.4 Å². The first-order valence-corrected chi connectivity index (χ1v) is 19.5. The molecule has 49 heavy (non-hydrogen) atoms. The van der Waals surface area contributed by atoms with Gasteiger partial charge in [-0.2, -0.15) is 0 Å². The summed E-state index contributed by atoms with van der Waals surface area (Å²) < 4.78 is 0. The van der Waals surface area contributed by atoms with Gasteiger partial charge in [-0.3, -0.25) is 14.4 Å². The van der Waals surface area contributed by atoms with E-state index in [4.69, 9.17) is 0 Å². The molecule has 6 heteroatoms. The SMILES string of the molecule is C=CCC.C=CCC.C=CCC.C=CCC.CC(=O)N1C[C@H]2CN(CC[C@@H](C)NC(=O)[C@@H]3CC[C@@H](C)C3)C[C@H]2C1.CC(=O)[C@@H]1CC[C@@H](C)C1. The Morgan fingerprint density at radius 1 is 0.694 bits per heavy atom. The van der Waals surface area contributed by atoms with Crippen molar-refractivity contribution in [2.45, 2.75) is 139 Å². The fourth-order valence-corrected chi connectivity index (χ4v) is 6.36. The number of carbonyl (C=O) groups is 3. The normalized spacial score (nSPS) is 25.3. The Bertz CT molecular complexity index is 885. The number of nitrogens with one attached hydrogen (secondary N) is 1. The van der Waals surface area contributed by atoms with Crippen LogP contribution in [0.4, 0.5) is 0 Å². The van der Waals surface area contributed by atoms with E-state index in [1.165, 1.54) is 12.8 Å². The van der Waals surface area contributed by atoms with Crippen LogP contribution < -0.4 is 5.32 Å². The van der Waals surface area contributed by atoms with Crippen molar-refractivity contribution in [3.8, 4) is 0 Å². The van der Waals surface area contributed by atoms with E-state index >= 15 is 0 Å². The predicted octanol–water partition coefficient (Wildman–Crippen LogP) is 10.1. The molecule has 2 aliphatic heterocycles. The minimum Gasteiger partial charge on any atom is -0.353 e. The molecule has 0 aromatic carbocycles. The standard InChI is InChI=1S/C19H33N3O2.C8H14O.4C4H8/c1-13-4-5-16(8-13)19(24)20-14(2)6-7-21-9-17-11-22(15(3)23)12-18(17)10-21;1-6-3-4-8(5-6)7(2)9;4*1-3-4-2/h13-14,16-18H,4-12H2,1-3H3,(H,20,24);6,8H,3-5H2,1-2H3;4*3H,1,4H2,2H3/t13-,14-,16-,17-,18+;6-,8-;;;;/m11..../s1. The molecule has 2 aliphatic carbocycles. The van der Waals surface area contributed by atoms with E-state index in [0.29, 0.717) is 29.5 Å². The molecular weight excluding hydrogens is 606 g/mol. The fourth-order valence-electron chi connectivity index (χ4n) is 6.36. The van der Waals surface area contributed by atoms with E-state index < -0.39 is 0 Å². The minimum atomic E-state index is 0.216. The maximum absolute atomic E-state index is 12.3. The molecule has 4 rings (SSSR count). The van der Waals surface area contributed by atoms with Crippen molar-refractivity contribution in [1.29, 1.82) is 0 Å². The summed E-state index contributed by atoms with van der Waals surface area (Å²) in [6.45, 7) is 37.3. The summed E-state index contributed by atoms with van der Waals surface area (Å²) in [5.74, 6) is 4.31. The zero-order chi connectivity index (χ0) is 37.8. The second-order valence-corrected chi connectivity index (χ2v) is 14.5. The summed E-state index contributed by atoms with van der Waals surface area (Å²) in [5.41, 5.74) is 0. The Balaban J connectivity index is 0. The summed E-state index contributed by atoms with van der Waals surface area (Å²) in [7, 11) is 0. The number of fused-ring (bicyclic) bond motifs is 1. The largest absolute Gasteiger partial charge is 0.353 e. The van der Waals surface area contributed by atoms with Gasteiger partial charge in [0.2, 0.25) is 11.8 Å². The lowest BCUT2D eigenvalue weighted by atomic mass is 10.0. The van der Waals surface area contributed by atoms with Gasteiger partial charge < -0.3 is 15.1 Å². The molecule has 0 aromatic rings. The second-order valence-electron chi connectivity index (χ2n) is 14.5. The Labute approximate surface area is 304 Å². The van der Waals surface area contributed by atoms with Crippen molar-refractivity contribution in [2.75, 3.05) is 32.7 Å². The minimum absolute atomic E-state index is 0.216. The van der Waals surface area contributed by atoms with Crippen LogP contribution in [-0.4, -0.2) is 66.2 Å². The van der Waals surface area contributed by atoms with Gasteiger partial charge in [0.05, 0.1) is 0 Å². The molecule has 2 heterocycles. The third-order valence-corrected chi connectivity index (χ3v) is 9.76. The van der Waals surface area contributed by atoms with Crippen molar-refractivity contribution < 1.29 is 14.4 Å². The fraction of sp³-hybridized carbons (Fsp3) is 0.744. The summed E-state index contributed by atoms with van der Waals surface area (Å²) in [6.07, 6.45) is 19.7. The molecule has 1 N–H and O–H groups in total. The molecule has 2 saturated heterocycles. The summed E-state index contributed by atoms with van der Waals surface area (Å²) in [5, 5.41) is 3.22. The molecule has 0 aromatic heterocycles. The van der Waals surface area contributed by atoms with E-state index in [1.807, 2.05) is 29.2 Å². The van der Waals surface area contributed by atoms with Crippen LogP contribution in [0.25, 0.3) is 0 Å². The first-order valence-electron chi connectivity index (χ1n) is 19.5. The molecule has 6 nitrogen and oxygen atoms in total. The highest BCUT2D eigenvalue weighted by atomic mass is 16.2. The van der Waals surface area contributed by atoms with Gasteiger partial charge in [0.15, 0.2) is 0 Å². The molecule has 0 spiro atoms. The first-order chi connectivity index (χ1) is 23.3. The number of amides is 2. The van der Waals surface area contributed by atoms with E-state index in [-0.39, 0.29) is 23.8 Å². The molecule has 0 unspecified atom stereocenters. The molecule has 4 fully saturated rings. The van der Waals surface area contributed by atoms with Gasteiger partial charge in [0.1, 0.15) is 5.78 Å². The topological polar surface area (TPSA) is 69.7 Å². The number of rotatable bonds is 10. The van der Waals surface area contributed by atoms with E-state index in [9.17, 15) is 14.4 Å².